The van der Waals surface area contributed by atoms with Crippen molar-refractivity contribution in [3.63, 3.8) is 0 Å². The number of rotatable bonds is 9. The SMILES string of the molecule is CCCSc1ncccc1C(=O)N1CCN(Cc2cc(=O)c(OCc3ccc(C(F)(F)F)cc3)co2)CC1. The number of carbonyl (C=O) groups excluding carboxylic acids is 1. The maximum Gasteiger partial charge on any atom is 0.416 e. The van der Waals surface area contributed by atoms with Crippen LogP contribution in [-0.4, -0.2) is 52.6 Å². The van der Waals surface area contributed by atoms with Crippen molar-refractivity contribution < 1.29 is 27.1 Å². The number of halogens is 3. The zero-order chi connectivity index (χ0) is 27.1. The van der Waals surface area contributed by atoms with Gasteiger partial charge in [-0.3, -0.25) is 14.5 Å². The second-order valence-electron chi connectivity index (χ2n) is 8.83. The maximum absolute atomic E-state index is 13.1. The highest BCUT2D eigenvalue weighted by Gasteiger charge is 2.30. The minimum Gasteiger partial charge on any atom is -0.482 e. The smallest absolute Gasteiger partial charge is 0.416 e. The second kappa shape index (κ2) is 12.5. The van der Waals surface area contributed by atoms with Crippen LogP contribution in [0.25, 0.3) is 0 Å². The fraction of sp³-hybridized carbons (Fsp3) is 0.370. The van der Waals surface area contributed by atoms with Crippen molar-refractivity contribution >= 4 is 17.7 Å². The minimum absolute atomic E-state index is 0.0164. The fourth-order valence-corrected chi connectivity index (χ4v) is 4.79. The summed E-state index contributed by atoms with van der Waals surface area (Å²) in [5, 5.41) is 0.754. The number of hydrogen-bond donors (Lipinski definition) is 0. The minimum atomic E-state index is -4.41. The van der Waals surface area contributed by atoms with E-state index in [2.05, 4.69) is 16.8 Å². The van der Waals surface area contributed by atoms with Crippen molar-refractivity contribution in [1.29, 1.82) is 0 Å². The summed E-state index contributed by atoms with van der Waals surface area (Å²) in [5.74, 6) is 1.31. The van der Waals surface area contributed by atoms with Gasteiger partial charge < -0.3 is 14.1 Å². The van der Waals surface area contributed by atoms with E-state index in [1.165, 1.54) is 24.5 Å². The molecule has 0 aliphatic carbocycles. The lowest BCUT2D eigenvalue weighted by molar-refractivity contribution is -0.137. The molecule has 1 aromatic carbocycles. The Morgan fingerprint density at radius 2 is 1.87 bits per heavy atom. The Kier molecular flexibility index (Phi) is 9.11. The highest BCUT2D eigenvalue weighted by Crippen LogP contribution is 2.29. The predicted molar refractivity (Wildman–Crippen MR) is 137 cm³/mol. The number of pyridine rings is 1. The van der Waals surface area contributed by atoms with Crippen LogP contribution in [0.15, 0.2) is 69.2 Å². The molecule has 1 saturated heterocycles. The lowest BCUT2D eigenvalue weighted by Crippen LogP contribution is -2.48. The van der Waals surface area contributed by atoms with Gasteiger partial charge in [0.25, 0.3) is 5.91 Å². The van der Waals surface area contributed by atoms with Gasteiger partial charge in [0, 0.05) is 38.4 Å². The molecule has 0 saturated carbocycles. The summed E-state index contributed by atoms with van der Waals surface area (Å²) >= 11 is 1.59. The van der Waals surface area contributed by atoms with Gasteiger partial charge in [0.15, 0.2) is 0 Å². The van der Waals surface area contributed by atoms with Gasteiger partial charge in [0.05, 0.1) is 17.7 Å². The van der Waals surface area contributed by atoms with Crippen LogP contribution < -0.4 is 10.2 Å². The molecule has 3 aromatic rings. The number of aromatic nitrogens is 1. The van der Waals surface area contributed by atoms with Gasteiger partial charge in [-0.1, -0.05) is 19.1 Å². The average Bonchev–Trinajstić information content (AvgIpc) is 2.91. The summed E-state index contributed by atoms with van der Waals surface area (Å²) in [6.07, 6.45) is -0.490. The summed E-state index contributed by atoms with van der Waals surface area (Å²) in [6.45, 7) is 4.77. The number of alkyl halides is 3. The van der Waals surface area contributed by atoms with Gasteiger partial charge in [0.2, 0.25) is 11.2 Å². The van der Waals surface area contributed by atoms with E-state index in [1.807, 2.05) is 11.0 Å². The second-order valence-corrected chi connectivity index (χ2v) is 9.91. The molecule has 202 valence electrons. The molecule has 0 atom stereocenters. The van der Waals surface area contributed by atoms with E-state index < -0.39 is 11.7 Å². The molecule has 0 N–H and O–H groups in total. The van der Waals surface area contributed by atoms with E-state index in [9.17, 15) is 22.8 Å². The molecule has 0 radical (unpaired) electrons. The Morgan fingerprint density at radius 1 is 1.13 bits per heavy atom. The van der Waals surface area contributed by atoms with Crippen LogP contribution in [-0.2, 0) is 19.3 Å². The summed E-state index contributed by atoms with van der Waals surface area (Å²) < 4.78 is 49.1. The standard InChI is InChI=1S/C27H28F3N3O4S/c1-2-14-38-25-22(4-3-9-31-25)26(35)33-12-10-32(11-13-33)16-21-15-23(34)24(18-36-21)37-17-19-5-7-20(8-6-19)27(28,29)30/h3-9,15,18H,2,10-14,16-17H2,1H3. The van der Waals surface area contributed by atoms with Crippen LogP contribution in [0.1, 0.15) is 40.6 Å². The van der Waals surface area contributed by atoms with E-state index in [1.54, 1.807) is 24.0 Å². The van der Waals surface area contributed by atoms with Crippen LogP contribution in [0, 0.1) is 0 Å². The number of nitrogens with zero attached hydrogens (tertiary/aromatic N) is 3. The van der Waals surface area contributed by atoms with Gasteiger partial charge in [0.1, 0.15) is 23.7 Å². The van der Waals surface area contributed by atoms with Crippen molar-refractivity contribution in [2.24, 2.45) is 0 Å². The van der Waals surface area contributed by atoms with Crippen LogP contribution >= 0.6 is 11.8 Å². The van der Waals surface area contributed by atoms with Gasteiger partial charge in [-0.2, -0.15) is 13.2 Å². The molecule has 1 fully saturated rings. The van der Waals surface area contributed by atoms with E-state index >= 15 is 0 Å². The third-order valence-corrected chi connectivity index (χ3v) is 7.22. The molecule has 7 nitrogen and oxygen atoms in total. The van der Waals surface area contributed by atoms with Gasteiger partial charge in [-0.25, -0.2) is 4.98 Å². The Labute approximate surface area is 222 Å². The first kappa shape index (κ1) is 27.7. The molecule has 1 amide bonds. The first-order valence-corrected chi connectivity index (χ1v) is 13.2. The summed E-state index contributed by atoms with van der Waals surface area (Å²) in [4.78, 5) is 33.9. The summed E-state index contributed by atoms with van der Waals surface area (Å²) in [5.41, 5.74) is -0.00249. The lowest BCUT2D eigenvalue weighted by Gasteiger charge is -2.34. The third-order valence-electron chi connectivity index (χ3n) is 6.01. The number of ether oxygens (including phenoxy) is 1. The monoisotopic (exact) mass is 547 g/mol. The molecule has 4 rings (SSSR count). The van der Waals surface area contributed by atoms with Gasteiger partial charge in [-0.05, 0) is 42.0 Å². The topological polar surface area (TPSA) is 75.9 Å². The quantitative estimate of drug-likeness (QED) is 0.346. The zero-order valence-corrected chi connectivity index (χ0v) is 21.7. The molecule has 1 aliphatic rings. The maximum atomic E-state index is 13.1. The van der Waals surface area contributed by atoms with Crippen molar-refractivity contribution in [3.8, 4) is 5.75 Å². The largest absolute Gasteiger partial charge is 0.482 e. The summed E-state index contributed by atoms with van der Waals surface area (Å²) in [7, 11) is 0. The Hall–Kier alpha value is -3.31. The number of piperazine rings is 1. The van der Waals surface area contributed by atoms with Gasteiger partial charge >= 0.3 is 6.18 Å². The first-order chi connectivity index (χ1) is 18.2. The molecule has 2 aromatic heterocycles. The Balaban J connectivity index is 1.28. The number of hydrogen-bond acceptors (Lipinski definition) is 7. The predicted octanol–water partition coefficient (Wildman–Crippen LogP) is 5.09. The highest BCUT2D eigenvalue weighted by atomic mass is 32.2. The molecule has 11 heteroatoms. The van der Waals surface area contributed by atoms with Crippen LogP contribution in [0.5, 0.6) is 5.75 Å². The first-order valence-electron chi connectivity index (χ1n) is 12.2. The Morgan fingerprint density at radius 3 is 2.53 bits per heavy atom. The zero-order valence-electron chi connectivity index (χ0n) is 20.9. The third kappa shape index (κ3) is 7.16. The average molecular weight is 548 g/mol. The number of thioether (sulfide) groups is 1. The lowest BCUT2D eigenvalue weighted by atomic mass is 10.1. The van der Waals surface area contributed by atoms with Crippen LogP contribution in [0.3, 0.4) is 0 Å². The molecule has 0 bridgehead atoms. The van der Waals surface area contributed by atoms with Crippen molar-refractivity contribution in [3.05, 3.63) is 87.6 Å². The molecule has 3 heterocycles. The highest BCUT2D eigenvalue weighted by molar-refractivity contribution is 7.99. The molecule has 38 heavy (non-hydrogen) atoms. The van der Waals surface area contributed by atoms with Crippen LogP contribution in [0.4, 0.5) is 13.2 Å². The summed E-state index contributed by atoms with van der Waals surface area (Å²) in [6, 6.07) is 9.50. The Bertz CT molecular complexity index is 1290. The molecular formula is C27H28F3N3O4S. The molecule has 1 aliphatic heterocycles. The molecule has 0 spiro atoms. The number of carbonyl (C=O) groups is 1. The van der Waals surface area contributed by atoms with E-state index in [0.717, 1.165) is 29.3 Å². The van der Waals surface area contributed by atoms with E-state index in [0.29, 0.717) is 49.6 Å². The fourth-order valence-electron chi connectivity index (χ4n) is 3.94. The van der Waals surface area contributed by atoms with Crippen molar-refractivity contribution in [2.45, 2.75) is 37.7 Å². The van der Waals surface area contributed by atoms with Gasteiger partial charge in [-0.15, -0.1) is 11.8 Å². The number of amides is 1. The van der Waals surface area contributed by atoms with Crippen LogP contribution in [0.2, 0.25) is 0 Å². The van der Waals surface area contributed by atoms with E-state index in [4.69, 9.17) is 9.15 Å². The van der Waals surface area contributed by atoms with Crippen molar-refractivity contribution in [1.82, 2.24) is 14.8 Å². The number of benzene rings is 1. The van der Waals surface area contributed by atoms with Crippen molar-refractivity contribution in [2.75, 3.05) is 31.9 Å². The molecular weight excluding hydrogens is 519 g/mol. The van der Waals surface area contributed by atoms with E-state index in [-0.39, 0.29) is 23.7 Å². The normalized spacial score (nSPS) is 14.5. The molecule has 0 unspecified atom stereocenters.